The van der Waals surface area contributed by atoms with Crippen molar-refractivity contribution in [2.75, 3.05) is 50.2 Å². The highest BCUT2D eigenvalue weighted by molar-refractivity contribution is 7.81. The van der Waals surface area contributed by atoms with Crippen LogP contribution in [0.2, 0.25) is 0 Å². The number of aromatic nitrogens is 2. The van der Waals surface area contributed by atoms with Gasteiger partial charge in [0.05, 0.1) is 14.2 Å². The number of nitrogens with zero attached hydrogens (tertiary/aromatic N) is 4. The Morgan fingerprint density at radius 2 is 0.371 bits per heavy atom. The first-order valence-electron chi connectivity index (χ1n) is 48.6. The van der Waals surface area contributed by atoms with Crippen molar-refractivity contribution in [2.45, 2.75) is 439 Å². The van der Waals surface area contributed by atoms with Crippen LogP contribution in [0, 0.1) is 0 Å². The molecule has 12 nitrogen and oxygen atoms in total. The number of aryl methyl sites for hydroxylation is 2. The van der Waals surface area contributed by atoms with Gasteiger partial charge in [0.15, 0.2) is 24.8 Å². The summed E-state index contributed by atoms with van der Waals surface area (Å²) in [7, 11) is -3.07. The number of hydrogen-bond donors (Lipinski definition) is 0. The van der Waals surface area contributed by atoms with E-state index < -0.39 is 20.8 Å². The first kappa shape index (κ1) is 110. The van der Waals surface area contributed by atoms with Gasteiger partial charge < -0.3 is 18.9 Å². The number of benzene rings is 2. The predicted octanol–water partition coefficient (Wildman–Crippen LogP) is 30.2. The van der Waals surface area contributed by atoms with E-state index in [0.717, 1.165) is 14.2 Å². The van der Waals surface area contributed by atoms with E-state index in [1.165, 1.54) is 471 Å². The molecule has 668 valence electrons. The fourth-order valence-electron chi connectivity index (χ4n) is 15.4. The van der Waals surface area contributed by atoms with Crippen LogP contribution >= 0.6 is 0 Å². The Morgan fingerprint density at radius 3 is 0.509 bits per heavy atom. The monoisotopic (exact) mass is 1650 g/mol. The lowest BCUT2D eigenvalue weighted by molar-refractivity contribution is -0.671. The van der Waals surface area contributed by atoms with Crippen LogP contribution < -0.4 is 18.9 Å². The minimum Gasteiger partial charge on any atom is -0.726 e. The molecule has 2 aromatic carbocycles. The summed E-state index contributed by atoms with van der Waals surface area (Å²) in [6, 6.07) is 27.4. The maximum absolute atomic E-state index is 9.22. The lowest BCUT2D eigenvalue weighted by atomic mass is 10.0. The van der Waals surface area contributed by atoms with Crippen molar-refractivity contribution in [1.82, 2.24) is 0 Å². The molecule has 2 heterocycles. The van der Waals surface area contributed by atoms with E-state index in [4.69, 9.17) is 0 Å². The van der Waals surface area contributed by atoms with E-state index in [0.29, 0.717) is 0 Å². The number of pyridine rings is 2. The zero-order valence-electron chi connectivity index (χ0n) is 76.5. The Balaban J connectivity index is 0.00000102. The first-order valence-corrected chi connectivity index (χ1v) is 51.2. The van der Waals surface area contributed by atoms with E-state index in [1.807, 2.05) is 0 Å². The summed E-state index contributed by atoms with van der Waals surface area (Å²) in [6.45, 7) is 14.0. The molecule has 4 aromatic rings. The van der Waals surface area contributed by atoms with Gasteiger partial charge in [-0.25, -0.2) is 26.0 Å². The molecule has 0 radical (unpaired) electrons. The average Bonchev–Trinajstić information content (AvgIpc) is 0.877. The van der Waals surface area contributed by atoms with Crippen molar-refractivity contribution in [2.24, 2.45) is 14.1 Å². The number of anilines is 2. The molecule has 0 amide bonds. The molecule has 0 bridgehead atoms. The molecular weight excluding hydrogens is 1470 g/mol. The molecule has 2 aromatic heterocycles. The molecule has 0 atom stereocenters. The summed E-state index contributed by atoms with van der Waals surface area (Å²) in [4.78, 5) is 5.38. The van der Waals surface area contributed by atoms with Crippen LogP contribution in [0.5, 0.6) is 0 Å². The lowest BCUT2D eigenvalue weighted by Crippen LogP contribution is -2.25. The maximum Gasteiger partial charge on any atom is 0.217 e. The smallest absolute Gasteiger partial charge is 0.217 e. The third kappa shape index (κ3) is 74.6. The normalized spacial score (nSPS) is 11.6. The molecule has 116 heavy (non-hydrogen) atoms. The van der Waals surface area contributed by atoms with Crippen molar-refractivity contribution in [3.05, 3.63) is 120 Å². The van der Waals surface area contributed by atoms with Crippen LogP contribution in [0.3, 0.4) is 0 Å². The average molecular weight is 1650 g/mol. The Labute approximate surface area is 718 Å². The number of hydrogen-bond acceptors (Lipinski definition) is 10. The largest absolute Gasteiger partial charge is 0.726 e. The van der Waals surface area contributed by atoms with Gasteiger partial charge in [-0.2, -0.15) is 0 Å². The molecule has 4 rings (SSSR count). The van der Waals surface area contributed by atoms with Crippen molar-refractivity contribution < 1.29 is 43.4 Å². The van der Waals surface area contributed by atoms with Crippen LogP contribution in [0.4, 0.5) is 11.4 Å². The van der Waals surface area contributed by atoms with Gasteiger partial charge in [-0.1, -0.05) is 462 Å². The van der Waals surface area contributed by atoms with E-state index in [2.05, 4.69) is 191 Å². The number of unbranched alkanes of at least 4 members (excludes halogenated alkanes) is 60. The van der Waals surface area contributed by atoms with Gasteiger partial charge in [0, 0.05) is 61.8 Å². The molecule has 0 fully saturated rings. The molecule has 0 unspecified atom stereocenters. The third-order valence-corrected chi connectivity index (χ3v) is 23.8. The zero-order valence-corrected chi connectivity index (χ0v) is 78.1. The van der Waals surface area contributed by atoms with Gasteiger partial charge in [0.1, 0.15) is 14.1 Å². The topological polar surface area (TPSA) is 147 Å². The van der Waals surface area contributed by atoms with Gasteiger partial charge in [-0.3, -0.25) is 8.37 Å². The summed E-state index contributed by atoms with van der Waals surface area (Å²) in [6.07, 6.45) is 109. The van der Waals surface area contributed by atoms with Gasteiger partial charge >= 0.3 is 0 Å². The van der Waals surface area contributed by atoms with Crippen LogP contribution in [0.25, 0.3) is 24.3 Å². The van der Waals surface area contributed by atoms with Crippen LogP contribution in [0.15, 0.2) is 97.6 Å². The maximum atomic E-state index is 9.22. The Kier molecular flexibility index (Phi) is 77.0. The van der Waals surface area contributed by atoms with Crippen LogP contribution in [0.1, 0.15) is 461 Å². The summed E-state index contributed by atoms with van der Waals surface area (Å²) in [5.41, 5.74) is 7.87. The molecular formula is C102H180N4O8S2. The first-order chi connectivity index (χ1) is 56.6. The van der Waals surface area contributed by atoms with Crippen molar-refractivity contribution in [1.29, 1.82) is 0 Å². The quantitative estimate of drug-likeness (QED) is 0.0181. The molecule has 0 N–H and O–H groups in total. The van der Waals surface area contributed by atoms with Gasteiger partial charge in [0.25, 0.3) is 0 Å². The summed E-state index contributed by atoms with van der Waals surface area (Å²) in [5, 5.41) is 0. The van der Waals surface area contributed by atoms with Crippen molar-refractivity contribution in [3.8, 4) is 0 Å². The third-order valence-electron chi connectivity index (χ3n) is 23.0. The summed E-state index contributed by atoms with van der Waals surface area (Å²) >= 11 is 0. The summed E-state index contributed by atoms with van der Waals surface area (Å²) in [5.74, 6) is 0. The van der Waals surface area contributed by atoms with Crippen LogP contribution in [-0.2, 0) is 43.3 Å². The molecule has 14 heteroatoms. The fraction of sp³-hybridized carbons (Fsp3) is 0.745. The lowest BCUT2D eigenvalue weighted by Gasteiger charge is -2.25. The zero-order chi connectivity index (χ0) is 84.4. The SMILES string of the molecule is CCCCCCCCCCCCCCCCCCCCN(CCCCCCCCCCCCCCCCCCCC)c1ccc(C=Cc2cc[n+](C)cc2)cc1.CCCCCCCCCCCCCCCCN(CCCCCCCCCCCCCCCC)c1ccc(C=Cc2cc[n+](C)cc2)cc1.COS(=O)(=O)[O-].COS(=O)(=O)[O-]. The van der Waals surface area contributed by atoms with E-state index in [1.54, 1.807) is 0 Å². The highest BCUT2D eigenvalue weighted by atomic mass is 32.3. The van der Waals surface area contributed by atoms with E-state index >= 15 is 0 Å². The Morgan fingerprint density at radius 1 is 0.241 bits per heavy atom. The highest BCUT2D eigenvalue weighted by Gasteiger charge is 2.10. The van der Waals surface area contributed by atoms with Gasteiger partial charge in [-0.15, -0.1) is 0 Å². The Bertz CT molecular complexity index is 2900. The molecule has 0 aliphatic rings. The van der Waals surface area contributed by atoms with E-state index in [9.17, 15) is 25.9 Å². The highest BCUT2D eigenvalue weighted by Crippen LogP contribution is 2.25. The predicted molar refractivity (Wildman–Crippen MR) is 502 cm³/mol. The van der Waals surface area contributed by atoms with Gasteiger partial charge in [0.2, 0.25) is 20.8 Å². The van der Waals surface area contributed by atoms with Crippen LogP contribution in [-0.4, -0.2) is 66.3 Å². The molecule has 0 aliphatic carbocycles. The second-order valence-electron chi connectivity index (χ2n) is 33.8. The van der Waals surface area contributed by atoms with E-state index in [-0.39, 0.29) is 0 Å². The van der Waals surface area contributed by atoms with Crippen molar-refractivity contribution >= 4 is 56.5 Å². The minimum absolute atomic E-state index is 0.808. The fourth-order valence-corrected chi connectivity index (χ4v) is 15.4. The molecule has 0 spiro atoms. The second kappa shape index (κ2) is 81.6. The Hall–Kier alpha value is -4.44. The summed E-state index contributed by atoms with van der Waals surface area (Å²) < 4.78 is 66.2. The minimum atomic E-state index is -4.41. The standard InChI is InChI=1S/C54H95N2.C46H79N2.2CH4O4S/c1-4-6-8-10-12-14-16-18-20-22-24-26-28-30-32-34-36-38-48-56(54-44-42-52(43-45-54)40-41-53-46-50-55(3)51-47-53)49-39-37-35-33-31-29-27-25-23-21-19-17-15-13-11-9-7-5-2;1-4-6-8-10-12-14-16-18-20-22-24-26-28-30-40-48(41-31-29-27-25-23-21-19-17-15-13-11-9-7-5-2)46-36-34-44(35-37-46)32-33-45-38-42-47(3)43-39-45;2*1-5-6(2,3)4/h40-47,50-51H,4-39,48-49H2,1-3H3;32-39,42-43H,4-31,40-41H2,1-3H3;2*1H3,(H,2,3,4)/q2*+1;;/p-2. The molecule has 0 saturated heterocycles. The van der Waals surface area contributed by atoms with Crippen molar-refractivity contribution in [3.63, 3.8) is 0 Å². The molecule has 0 aliphatic heterocycles. The van der Waals surface area contributed by atoms with Gasteiger partial charge in [-0.05, 0) is 72.2 Å². The second-order valence-corrected chi connectivity index (χ2v) is 36.1. The molecule has 0 saturated carbocycles. The number of rotatable bonds is 76.